The van der Waals surface area contributed by atoms with Crippen LogP contribution in [0.15, 0.2) is 89.9 Å². The van der Waals surface area contributed by atoms with Gasteiger partial charge in [0.25, 0.3) is 0 Å². The van der Waals surface area contributed by atoms with E-state index in [0.29, 0.717) is 6.54 Å². The maximum atomic E-state index is 14.5. The van der Waals surface area contributed by atoms with Crippen molar-refractivity contribution in [3.63, 3.8) is 0 Å². The molecule has 3 aromatic carbocycles. The maximum Gasteiger partial charge on any atom is 0.379 e. The summed E-state index contributed by atoms with van der Waals surface area (Å²) in [6.07, 6.45) is 5.62. The average Bonchev–Trinajstić information content (AvgIpc) is 3.22. The number of hydroxylamine groups is 1. The van der Waals surface area contributed by atoms with Crippen LogP contribution in [0.3, 0.4) is 0 Å². The Hall–Kier alpha value is -3.25. The first-order chi connectivity index (χ1) is 17.1. The van der Waals surface area contributed by atoms with Gasteiger partial charge in [-0.2, -0.15) is 9.73 Å². The summed E-state index contributed by atoms with van der Waals surface area (Å²) < 4.78 is 1.15. The second-order valence-electron chi connectivity index (χ2n) is 9.18. The van der Waals surface area contributed by atoms with Gasteiger partial charge in [-0.15, -0.1) is 0 Å². The number of rotatable bonds is 4. The van der Waals surface area contributed by atoms with Crippen molar-refractivity contribution in [2.45, 2.75) is 32.0 Å². The minimum atomic E-state index is -1.24. The quantitative estimate of drug-likeness (QED) is 0.202. The molecule has 5 nitrogen and oxygen atoms in total. The molecule has 1 fully saturated rings. The Morgan fingerprint density at radius 3 is 2.14 bits per heavy atom. The van der Waals surface area contributed by atoms with E-state index in [-0.39, 0.29) is 0 Å². The largest absolute Gasteiger partial charge is 0.620 e. The number of hydrogen-bond acceptors (Lipinski definition) is 4. The van der Waals surface area contributed by atoms with Gasteiger partial charge in [0.05, 0.1) is 5.56 Å². The maximum absolute atomic E-state index is 14.5. The number of amidine groups is 1. The Morgan fingerprint density at radius 2 is 1.51 bits per heavy atom. The van der Waals surface area contributed by atoms with E-state index in [1.54, 1.807) is 11.8 Å². The van der Waals surface area contributed by atoms with Crippen LogP contribution >= 0.6 is 11.8 Å². The van der Waals surface area contributed by atoms with Crippen LogP contribution in [0.1, 0.15) is 36.0 Å². The lowest BCUT2D eigenvalue weighted by Gasteiger charge is -2.36. The Morgan fingerprint density at radius 1 is 0.886 bits per heavy atom. The minimum absolute atomic E-state index is 0.469. The van der Waals surface area contributed by atoms with Gasteiger partial charge in [-0.25, -0.2) is 0 Å². The fraction of sp³-hybridized carbons (Fsp3) is 0.310. The zero-order valence-electron chi connectivity index (χ0n) is 20.4. The number of aryl methyl sites for hydroxylation is 1. The van der Waals surface area contributed by atoms with Crippen molar-refractivity contribution in [3.05, 3.63) is 107 Å². The molecule has 2 heterocycles. The standard InChI is InChI=1S/C29H32N4OS/c1-23-16-18-26(19-17-23)32-22-27(24-12-6-3-7-13-24)33(34)29(32,25-14-8-4-9-15-25)30-28(35-2)31-20-10-5-11-21-31/h3-4,6-9,12-19H,5,10-11,20-22H2,1-2H3/b30-28+. The average molecular weight is 485 g/mol. The number of thioether (sulfide) groups is 1. The number of likely N-dealkylation sites (tertiary alicyclic amines) is 1. The highest BCUT2D eigenvalue weighted by Crippen LogP contribution is 2.41. The van der Waals surface area contributed by atoms with Gasteiger partial charge in [0, 0.05) is 24.3 Å². The molecular weight excluding hydrogens is 452 g/mol. The minimum Gasteiger partial charge on any atom is -0.620 e. The van der Waals surface area contributed by atoms with Crippen molar-refractivity contribution in [2.24, 2.45) is 4.99 Å². The molecule has 2 aliphatic rings. The summed E-state index contributed by atoms with van der Waals surface area (Å²) in [6, 6.07) is 28.4. The molecule has 1 unspecified atom stereocenters. The molecule has 0 bridgehead atoms. The highest BCUT2D eigenvalue weighted by Gasteiger charge is 2.55. The molecule has 3 aromatic rings. The van der Waals surface area contributed by atoms with E-state index in [9.17, 15) is 5.21 Å². The number of aliphatic imine (C=N–C) groups is 1. The summed E-state index contributed by atoms with van der Waals surface area (Å²) in [6.45, 7) is 4.50. The number of piperidine rings is 1. The smallest absolute Gasteiger partial charge is 0.379 e. The number of nitrogens with zero attached hydrogens (tertiary/aromatic N) is 4. The first-order valence-corrected chi connectivity index (χ1v) is 13.5. The first-order valence-electron chi connectivity index (χ1n) is 12.3. The van der Waals surface area contributed by atoms with E-state index < -0.39 is 5.79 Å². The molecule has 2 aliphatic heterocycles. The fourth-order valence-corrected chi connectivity index (χ4v) is 5.69. The predicted octanol–water partition coefficient (Wildman–Crippen LogP) is 5.83. The van der Waals surface area contributed by atoms with Gasteiger partial charge >= 0.3 is 5.79 Å². The normalized spacial score (nSPS) is 21.0. The lowest BCUT2D eigenvalue weighted by Crippen LogP contribution is -2.48. The highest BCUT2D eigenvalue weighted by molar-refractivity contribution is 8.13. The van der Waals surface area contributed by atoms with Crippen LogP contribution in [0.2, 0.25) is 0 Å². The van der Waals surface area contributed by atoms with Crippen LogP contribution in [0.25, 0.3) is 0 Å². The summed E-state index contributed by atoms with van der Waals surface area (Å²) in [5.74, 6) is -1.24. The van der Waals surface area contributed by atoms with Gasteiger partial charge in [-0.05, 0) is 68.8 Å². The van der Waals surface area contributed by atoms with Gasteiger partial charge in [0.2, 0.25) is 5.71 Å². The Balaban J connectivity index is 1.76. The number of anilines is 1. The van der Waals surface area contributed by atoms with E-state index in [1.807, 2.05) is 60.7 Å². The molecule has 0 aromatic heterocycles. The Labute approximate surface area is 212 Å². The van der Waals surface area contributed by atoms with Crippen LogP contribution < -0.4 is 4.90 Å². The fourth-order valence-electron chi connectivity index (χ4n) is 5.03. The molecule has 35 heavy (non-hydrogen) atoms. The summed E-state index contributed by atoms with van der Waals surface area (Å²) in [7, 11) is 0. The topological polar surface area (TPSA) is 44.9 Å². The molecule has 180 valence electrons. The summed E-state index contributed by atoms with van der Waals surface area (Å²) in [5.41, 5.74) is 4.68. The Bertz CT molecular complexity index is 1200. The van der Waals surface area contributed by atoms with Gasteiger partial charge < -0.3 is 10.1 Å². The van der Waals surface area contributed by atoms with Crippen LogP contribution in [0.5, 0.6) is 0 Å². The van der Waals surface area contributed by atoms with Crippen molar-refractivity contribution >= 4 is 28.3 Å². The second-order valence-corrected chi connectivity index (χ2v) is 9.95. The third-order valence-corrected chi connectivity index (χ3v) is 7.60. The molecule has 0 saturated carbocycles. The summed E-state index contributed by atoms with van der Waals surface area (Å²) in [4.78, 5) is 9.89. The first kappa shape index (κ1) is 23.5. The molecule has 1 atom stereocenters. The van der Waals surface area contributed by atoms with Crippen molar-refractivity contribution in [1.29, 1.82) is 0 Å². The number of hydrogen-bond donors (Lipinski definition) is 0. The third kappa shape index (κ3) is 4.43. The van der Waals surface area contributed by atoms with Crippen LogP contribution in [-0.4, -0.2) is 46.4 Å². The van der Waals surface area contributed by atoms with Gasteiger partial charge in [-0.3, -0.25) is 4.90 Å². The molecule has 6 heteroatoms. The van der Waals surface area contributed by atoms with Crippen LogP contribution in [0.4, 0.5) is 5.69 Å². The van der Waals surface area contributed by atoms with E-state index in [4.69, 9.17) is 4.99 Å². The van der Waals surface area contributed by atoms with Gasteiger partial charge in [0.15, 0.2) is 5.17 Å². The molecule has 0 aliphatic carbocycles. The molecule has 0 spiro atoms. The molecule has 0 radical (unpaired) electrons. The van der Waals surface area contributed by atoms with E-state index >= 15 is 0 Å². The van der Waals surface area contributed by atoms with Gasteiger partial charge in [-0.1, -0.05) is 65.9 Å². The lowest BCUT2D eigenvalue weighted by molar-refractivity contribution is -0.547. The lowest BCUT2D eigenvalue weighted by atomic mass is 10.1. The molecular formula is C29H32N4OS. The molecule has 0 amide bonds. The zero-order valence-corrected chi connectivity index (χ0v) is 21.2. The molecule has 0 N–H and O–H groups in total. The van der Waals surface area contributed by atoms with E-state index in [0.717, 1.165) is 58.4 Å². The van der Waals surface area contributed by atoms with Crippen molar-refractivity contribution < 1.29 is 4.74 Å². The SMILES string of the molecule is CS/C(=N/C1(c2ccccc2)N(c2ccc(C)cc2)CC(c2ccccc2)=[N+]1[O-])N1CCCCC1. The Kier molecular flexibility index (Phi) is 6.82. The van der Waals surface area contributed by atoms with Crippen molar-refractivity contribution in [3.8, 4) is 0 Å². The molecule has 5 rings (SSSR count). The van der Waals surface area contributed by atoms with Crippen LogP contribution in [0, 0.1) is 12.1 Å². The second kappa shape index (κ2) is 10.2. The summed E-state index contributed by atoms with van der Waals surface area (Å²) in [5, 5.41) is 15.4. The number of benzene rings is 3. The predicted molar refractivity (Wildman–Crippen MR) is 147 cm³/mol. The van der Waals surface area contributed by atoms with E-state index in [2.05, 4.69) is 47.2 Å². The van der Waals surface area contributed by atoms with Crippen molar-refractivity contribution in [2.75, 3.05) is 30.8 Å². The van der Waals surface area contributed by atoms with Crippen LogP contribution in [-0.2, 0) is 5.79 Å². The highest BCUT2D eigenvalue weighted by atomic mass is 32.2. The summed E-state index contributed by atoms with van der Waals surface area (Å²) >= 11 is 1.63. The molecule has 1 saturated heterocycles. The monoisotopic (exact) mass is 484 g/mol. The zero-order chi connectivity index (χ0) is 24.3. The van der Waals surface area contributed by atoms with E-state index in [1.165, 1.54) is 12.0 Å². The van der Waals surface area contributed by atoms with Crippen molar-refractivity contribution in [1.82, 2.24) is 4.90 Å². The van der Waals surface area contributed by atoms with Gasteiger partial charge in [0.1, 0.15) is 6.54 Å². The third-order valence-electron chi connectivity index (χ3n) is 6.89.